The number of amides is 1. The quantitative estimate of drug-likeness (QED) is 0.845. The summed E-state index contributed by atoms with van der Waals surface area (Å²) in [5.74, 6) is 0.889. The Morgan fingerprint density at radius 3 is 2.26 bits per heavy atom. The molecule has 1 aliphatic rings. The van der Waals surface area contributed by atoms with Gasteiger partial charge < -0.3 is 4.90 Å². The molecular weight excluding hydrogens is 284 g/mol. The highest BCUT2D eigenvalue weighted by molar-refractivity contribution is 5.81. The van der Waals surface area contributed by atoms with Crippen LogP contribution in [0.15, 0.2) is 24.3 Å². The maximum Gasteiger partial charge on any atom is 0.227 e. The van der Waals surface area contributed by atoms with Gasteiger partial charge in [-0.1, -0.05) is 50.6 Å². The average molecular weight is 316 g/mol. The van der Waals surface area contributed by atoms with Gasteiger partial charge >= 0.3 is 0 Å². The van der Waals surface area contributed by atoms with Crippen LogP contribution in [0.3, 0.4) is 0 Å². The largest absolute Gasteiger partial charge is 0.345 e. The van der Waals surface area contributed by atoms with Crippen LogP contribution in [-0.2, 0) is 11.3 Å². The summed E-state index contributed by atoms with van der Waals surface area (Å²) in [6, 6.07) is 8.85. The predicted molar refractivity (Wildman–Crippen MR) is 96.3 cm³/mol. The fourth-order valence-electron chi connectivity index (χ4n) is 3.32. The molecule has 0 saturated carbocycles. The maximum absolute atomic E-state index is 12.3. The smallest absolute Gasteiger partial charge is 0.227 e. The summed E-state index contributed by atoms with van der Waals surface area (Å²) in [5.41, 5.74) is 2.44. The standard InChI is InChI=1S/C20H32N2O/c1-16-6-8-17(9-7-16)15-22-12-10-18(11-13-22)14-21(5)19(23)20(2,3)4/h6-9,18H,10-15H2,1-5H3. The first-order chi connectivity index (χ1) is 10.8. The van der Waals surface area contributed by atoms with E-state index in [0.717, 1.165) is 26.2 Å². The third kappa shape index (κ3) is 5.35. The van der Waals surface area contributed by atoms with Gasteiger partial charge in [0, 0.05) is 25.6 Å². The van der Waals surface area contributed by atoms with Crippen LogP contribution < -0.4 is 0 Å². The number of aryl methyl sites for hydroxylation is 1. The van der Waals surface area contributed by atoms with Crippen molar-refractivity contribution in [3.8, 4) is 0 Å². The zero-order valence-corrected chi connectivity index (χ0v) is 15.4. The van der Waals surface area contributed by atoms with Crippen molar-refractivity contribution in [1.29, 1.82) is 0 Å². The van der Waals surface area contributed by atoms with E-state index in [-0.39, 0.29) is 11.3 Å². The Morgan fingerprint density at radius 1 is 1.17 bits per heavy atom. The van der Waals surface area contributed by atoms with E-state index in [1.54, 1.807) is 0 Å². The molecule has 1 saturated heterocycles. The van der Waals surface area contributed by atoms with Gasteiger partial charge in [0.05, 0.1) is 0 Å². The van der Waals surface area contributed by atoms with Gasteiger partial charge in [-0.2, -0.15) is 0 Å². The van der Waals surface area contributed by atoms with Crippen LogP contribution >= 0.6 is 0 Å². The van der Waals surface area contributed by atoms with E-state index in [1.807, 2.05) is 32.7 Å². The van der Waals surface area contributed by atoms with Crippen LogP contribution in [0.25, 0.3) is 0 Å². The third-order valence-corrected chi connectivity index (χ3v) is 4.75. The van der Waals surface area contributed by atoms with Crippen molar-refractivity contribution in [3.05, 3.63) is 35.4 Å². The van der Waals surface area contributed by atoms with Crippen LogP contribution in [0.5, 0.6) is 0 Å². The van der Waals surface area contributed by atoms with E-state index in [4.69, 9.17) is 0 Å². The first-order valence-electron chi connectivity index (χ1n) is 8.79. The van der Waals surface area contributed by atoms with Gasteiger partial charge in [0.2, 0.25) is 5.91 Å². The lowest BCUT2D eigenvalue weighted by Gasteiger charge is -2.35. The molecule has 0 atom stereocenters. The molecule has 0 spiro atoms. The molecule has 1 aromatic carbocycles. The fourth-order valence-corrected chi connectivity index (χ4v) is 3.32. The molecule has 1 heterocycles. The molecule has 3 nitrogen and oxygen atoms in total. The van der Waals surface area contributed by atoms with Crippen molar-refractivity contribution in [2.24, 2.45) is 11.3 Å². The molecule has 0 unspecified atom stereocenters. The molecule has 1 aromatic rings. The Labute approximate surface area is 141 Å². The Hall–Kier alpha value is -1.35. The minimum absolute atomic E-state index is 0.250. The molecule has 1 amide bonds. The number of piperidine rings is 1. The number of likely N-dealkylation sites (tertiary alicyclic amines) is 1. The zero-order valence-electron chi connectivity index (χ0n) is 15.4. The monoisotopic (exact) mass is 316 g/mol. The molecule has 0 N–H and O–H groups in total. The lowest BCUT2D eigenvalue weighted by molar-refractivity contribution is -0.138. The van der Waals surface area contributed by atoms with Gasteiger partial charge in [-0.15, -0.1) is 0 Å². The lowest BCUT2D eigenvalue weighted by Crippen LogP contribution is -2.42. The second-order valence-electron chi connectivity index (χ2n) is 8.14. The molecule has 2 rings (SSSR count). The Kier molecular flexibility index (Phi) is 5.85. The van der Waals surface area contributed by atoms with Crippen LogP contribution in [0, 0.1) is 18.3 Å². The number of nitrogens with zero attached hydrogens (tertiary/aromatic N) is 2. The molecular formula is C20H32N2O. The van der Waals surface area contributed by atoms with Gasteiger partial charge in [0.1, 0.15) is 0 Å². The molecule has 3 heteroatoms. The second-order valence-corrected chi connectivity index (χ2v) is 8.14. The van der Waals surface area contributed by atoms with Crippen molar-refractivity contribution in [2.75, 3.05) is 26.7 Å². The number of carbonyl (C=O) groups is 1. The number of hydrogen-bond acceptors (Lipinski definition) is 2. The molecule has 1 aliphatic heterocycles. The number of rotatable bonds is 4. The van der Waals surface area contributed by atoms with E-state index in [2.05, 4.69) is 36.1 Å². The summed E-state index contributed by atoms with van der Waals surface area (Å²) in [6.07, 6.45) is 2.38. The molecule has 0 radical (unpaired) electrons. The lowest BCUT2D eigenvalue weighted by atomic mass is 9.92. The summed E-state index contributed by atoms with van der Waals surface area (Å²) >= 11 is 0. The Balaban J connectivity index is 1.77. The summed E-state index contributed by atoms with van der Waals surface area (Å²) in [5, 5.41) is 0. The molecule has 0 aromatic heterocycles. The van der Waals surface area contributed by atoms with Gasteiger partial charge in [0.25, 0.3) is 0 Å². The summed E-state index contributed by atoms with van der Waals surface area (Å²) in [6.45, 7) is 12.3. The van der Waals surface area contributed by atoms with Crippen LogP contribution in [0.2, 0.25) is 0 Å². The van der Waals surface area contributed by atoms with Gasteiger partial charge in [-0.3, -0.25) is 9.69 Å². The molecule has 128 valence electrons. The second kappa shape index (κ2) is 7.48. The van der Waals surface area contributed by atoms with E-state index >= 15 is 0 Å². The minimum Gasteiger partial charge on any atom is -0.345 e. The van der Waals surface area contributed by atoms with Crippen LogP contribution in [0.4, 0.5) is 0 Å². The van der Waals surface area contributed by atoms with Crippen molar-refractivity contribution in [1.82, 2.24) is 9.80 Å². The highest BCUT2D eigenvalue weighted by Gasteiger charge is 2.27. The van der Waals surface area contributed by atoms with Crippen LogP contribution in [-0.4, -0.2) is 42.4 Å². The topological polar surface area (TPSA) is 23.6 Å². The zero-order chi connectivity index (χ0) is 17.0. The molecule has 0 bridgehead atoms. The van der Waals surface area contributed by atoms with Crippen molar-refractivity contribution < 1.29 is 4.79 Å². The average Bonchev–Trinajstić information content (AvgIpc) is 2.50. The Bertz CT molecular complexity index is 507. The van der Waals surface area contributed by atoms with Crippen molar-refractivity contribution >= 4 is 5.91 Å². The normalized spacial score (nSPS) is 17.3. The van der Waals surface area contributed by atoms with Gasteiger partial charge in [-0.25, -0.2) is 0 Å². The number of hydrogen-bond donors (Lipinski definition) is 0. The third-order valence-electron chi connectivity index (χ3n) is 4.75. The first kappa shape index (κ1) is 18.0. The SMILES string of the molecule is Cc1ccc(CN2CCC(CN(C)C(=O)C(C)(C)C)CC2)cc1. The van der Waals surface area contributed by atoms with Gasteiger partial charge in [-0.05, 0) is 44.3 Å². The minimum atomic E-state index is -0.277. The predicted octanol–water partition coefficient (Wildman–Crippen LogP) is 3.71. The molecule has 0 aliphatic carbocycles. The fraction of sp³-hybridized carbons (Fsp3) is 0.650. The van der Waals surface area contributed by atoms with Crippen LogP contribution in [0.1, 0.15) is 44.7 Å². The van der Waals surface area contributed by atoms with Gasteiger partial charge in [0.15, 0.2) is 0 Å². The number of benzene rings is 1. The van der Waals surface area contributed by atoms with E-state index in [1.165, 1.54) is 24.0 Å². The highest BCUT2D eigenvalue weighted by Crippen LogP contribution is 2.22. The van der Waals surface area contributed by atoms with E-state index in [9.17, 15) is 4.79 Å². The molecule has 23 heavy (non-hydrogen) atoms. The number of carbonyl (C=O) groups excluding carboxylic acids is 1. The summed E-state index contributed by atoms with van der Waals surface area (Å²) in [4.78, 5) is 16.8. The van der Waals surface area contributed by atoms with Crippen molar-refractivity contribution in [3.63, 3.8) is 0 Å². The highest BCUT2D eigenvalue weighted by atomic mass is 16.2. The summed E-state index contributed by atoms with van der Waals surface area (Å²) < 4.78 is 0. The first-order valence-corrected chi connectivity index (χ1v) is 8.79. The summed E-state index contributed by atoms with van der Waals surface area (Å²) in [7, 11) is 1.95. The van der Waals surface area contributed by atoms with E-state index < -0.39 is 0 Å². The molecule has 1 fully saturated rings. The van der Waals surface area contributed by atoms with Crippen molar-refractivity contribution in [2.45, 2.75) is 47.1 Å². The Morgan fingerprint density at radius 2 is 1.74 bits per heavy atom. The van der Waals surface area contributed by atoms with E-state index in [0.29, 0.717) is 5.92 Å². The maximum atomic E-state index is 12.3.